The maximum Gasteiger partial charge on any atom is 0.304 e. The molecule has 0 aromatic heterocycles. The summed E-state index contributed by atoms with van der Waals surface area (Å²) in [5.41, 5.74) is 0.537. The van der Waals surface area contributed by atoms with Gasteiger partial charge in [0.2, 0.25) is 0 Å². The molecule has 0 saturated carbocycles. The van der Waals surface area contributed by atoms with Gasteiger partial charge in [-0.15, -0.1) is 0 Å². The second kappa shape index (κ2) is 5.74. The fraction of sp³-hybridized carbons (Fsp3) is 0.250. The quantitative estimate of drug-likeness (QED) is 0.849. The van der Waals surface area contributed by atoms with Crippen LogP contribution < -0.4 is 4.74 Å². The Labute approximate surface area is 117 Å². The Bertz CT molecular complexity index is 661. The molecule has 0 aliphatic carbocycles. The predicted octanol–water partition coefficient (Wildman–Crippen LogP) is 3.14. The molecule has 20 heavy (non-hydrogen) atoms. The normalized spacial score (nSPS) is 12.1. The molecule has 0 radical (unpaired) electrons. The van der Waals surface area contributed by atoms with Crippen LogP contribution in [0, 0.1) is 5.92 Å². The SMILES string of the molecule is COc1ccc(C(=O)C(C)CC(=O)O)c2ccccc12. The van der Waals surface area contributed by atoms with Gasteiger partial charge < -0.3 is 9.84 Å². The highest BCUT2D eigenvalue weighted by molar-refractivity contribution is 6.10. The van der Waals surface area contributed by atoms with Gasteiger partial charge in [-0.3, -0.25) is 9.59 Å². The Balaban J connectivity index is 2.50. The van der Waals surface area contributed by atoms with Crippen LogP contribution in [0.2, 0.25) is 0 Å². The molecule has 1 unspecified atom stereocenters. The van der Waals surface area contributed by atoms with Gasteiger partial charge in [0.05, 0.1) is 13.5 Å². The lowest BCUT2D eigenvalue weighted by molar-refractivity contribution is -0.137. The van der Waals surface area contributed by atoms with E-state index < -0.39 is 11.9 Å². The van der Waals surface area contributed by atoms with E-state index in [1.165, 1.54) is 0 Å². The first kappa shape index (κ1) is 14.1. The third-order valence-corrected chi connectivity index (χ3v) is 3.30. The van der Waals surface area contributed by atoms with Crippen molar-refractivity contribution in [2.75, 3.05) is 7.11 Å². The number of ether oxygens (including phenoxy) is 1. The van der Waals surface area contributed by atoms with Crippen molar-refractivity contribution in [3.8, 4) is 5.75 Å². The maximum absolute atomic E-state index is 12.4. The zero-order valence-electron chi connectivity index (χ0n) is 11.4. The van der Waals surface area contributed by atoms with Crippen LogP contribution in [-0.2, 0) is 4.79 Å². The lowest BCUT2D eigenvalue weighted by atomic mass is 9.92. The summed E-state index contributed by atoms with van der Waals surface area (Å²) in [6.45, 7) is 1.63. The number of benzene rings is 2. The molecule has 1 N–H and O–H groups in total. The van der Waals surface area contributed by atoms with E-state index in [1.54, 1.807) is 26.2 Å². The average molecular weight is 272 g/mol. The third-order valence-electron chi connectivity index (χ3n) is 3.30. The molecule has 0 heterocycles. The Morgan fingerprint density at radius 1 is 1.15 bits per heavy atom. The molecular weight excluding hydrogens is 256 g/mol. The van der Waals surface area contributed by atoms with Gasteiger partial charge in [-0.25, -0.2) is 0 Å². The van der Waals surface area contributed by atoms with Gasteiger partial charge in [0.1, 0.15) is 5.75 Å². The van der Waals surface area contributed by atoms with Crippen LogP contribution in [0.4, 0.5) is 0 Å². The van der Waals surface area contributed by atoms with E-state index in [1.807, 2.05) is 24.3 Å². The molecule has 0 fully saturated rings. The fourth-order valence-electron chi connectivity index (χ4n) is 2.28. The highest BCUT2D eigenvalue weighted by Crippen LogP contribution is 2.30. The van der Waals surface area contributed by atoms with E-state index >= 15 is 0 Å². The molecule has 0 bridgehead atoms. The number of Topliss-reactive ketones (excluding diaryl/α,β-unsaturated/α-hetero) is 1. The first-order valence-electron chi connectivity index (χ1n) is 6.36. The highest BCUT2D eigenvalue weighted by atomic mass is 16.5. The molecule has 4 heteroatoms. The van der Waals surface area contributed by atoms with Gasteiger partial charge in [-0.2, -0.15) is 0 Å². The van der Waals surface area contributed by atoms with Crippen molar-refractivity contribution in [1.29, 1.82) is 0 Å². The zero-order valence-corrected chi connectivity index (χ0v) is 11.4. The summed E-state index contributed by atoms with van der Waals surface area (Å²) in [6.07, 6.45) is -0.167. The minimum absolute atomic E-state index is 0.161. The number of aliphatic carboxylic acids is 1. The van der Waals surface area contributed by atoms with E-state index in [4.69, 9.17) is 9.84 Å². The van der Waals surface area contributed by atoms with E-state index in [-0.39, 0.29) is 12.2 Å². The number of rotatable bonds is 5. The second-order valence-electron chi connectivity index (χ2n) is 4.72. The van der Waals surface area contributed by atoms with Crippen LogP contribution >= 0.6 is 0 Å². The van der Waals surface area contributed by atoms with E-state index in [0.717, 1.165) is 10.8 Å². The summed E-state index contributed by atoms with van der Waals surface area (Å²) in [5, 5.41) is 10.4. The Morgan fingerprint density at radius 3 is 2.40 bits per heavy atom. The van der Waals surface area contributed by atoms with Crippen molar-refractivity contribution in [3.05, 3.63) is 42.0 Å². The summed E-state index contributed by atoms with van der Waals surface area (Å²) in [6, 6.07) is 10.9. The van der Waals surface area contributed by atoms with Crippen LogP contribution in [0.5, 0.6) is 5.75 Å². The molecule has 0 aliphatic heterocycles. The number of methoxy groups -OCH3 is 1. The minimum atomic E-state index is -0.969. The van der Waals surface area contributed by atoms with Crippen molar-refractivity contribution in [3.63, 3.8) is 0 Å². The average Bonchev–Trinajstić information content (AvgIpc) is 2.44. The molecule has 0 spiro atoms. The van der Waals surface area contributed by atoms with Crippen molar-refractivity contribution >= 4 is 22.5 Å². The molecule has 1 atom stereocenters. The molecule has 0 amide bonds. The number of hydrogen-bond donors (Lipinski definition) is 1. The number of hydrogen-bond acceptors (Lipinski definition) is 3. The molecular formula is C16H16O4. The van der Waals surface area contributed by atoms with Gasteiger partial charge in [0.15, 0.2) is 5.78 Å². The van der Waals surface area contributed by atoms with Crippen LogP contribution in [0.1, 0.15) is 23.7 Å². The van der Waals surface area contributed by atoms with Crippen molar-refractivity contribution < 1.29 is 19.4 Å². The van der Waals surface area contributed by atoms with Gasteiger partial charge in [0.25, 0.3) is 0 Å². The summed E-state index contributed by atoms with van der Waals surface area (Å²) in [7, 11) is 1.58. The Kier molecular flexibility index (Phi) is 4.03. The Morgan fingerprint density at radius 2 is 1.80 bits per heavy atom. The standard InChI is InChI=1S/C16H16O4/c1-10(9-15(17)18)16(19)13-7-8-14(20-2)12-6-4-3-5-11(12)13/h3-8,10H,9H2,1-2H3,(H,17,18). The number of ketones is 1. The molecule has 2 aromatic carbocycles. The van der Waals surface area contributed by atoms with Crippen LogP contribution in [-0.4, -0.2) is 24.0 Å². The molecule has 0 saturated heterocycles. The maximum atomic E-state index is 12.4. The van der Waals surface area contributed by atoms with Crippen LogP contribution in [0.3, 0.4) is 0 Å². The first-order valence-corrected chi connectivity index (χ1v) is 6.36. The number of carbonyl (C=O) groups is 2. The smallest absolute Gasteiger partial charge is 0.304 e. The number of fused-ring (bicyclic) bond motifs is 1. The van der Waals surface area contributed by atoms with E-state index in [2.05, 4.69) is 0 Å². The molecule has 2 rings (SSSR count). The van der Waals surface area contributed by atoms with E-state index in [0.29, 0.717) is 11.3 Å². The van der Waals surface area contributed by atoms with Crippen molar-refractivity contribution in [1.82, 2.24) is 0 Å². The summed E-state index contributed by atoms with van der Waals surface area (Å²) in [5.74, 6) is -0.984. The van der Waals surface area contributed by atoms with Crippen LogP contribution in [0.15, 0.2) is 36.4 Å². The second-order valence-corrected chi connectivity index (χ2v) is 4.72. The Hall–Kier alpha value is -2.36. The monoisotopic (exact) mass is 272 g/mol. The zero-order chi connectivity index (χ0) is 14.7. The lowest BCUT2D eigenvalue weighted by Gasteiger charge is -2.12. The predicted molar refractivity (Wildman–Crippen MR) is 76.2 cm³/mol. The van der Waals surface area contributed by atoms with Crippen LogP contribution in [0.25, 0.3) is 10.8 Å². The molecule has 104 valence electrons. The fourth-order valence-corrected chi connectivity index (χ4v) is 2.28. The minimum Gasteiger partial charge on any atom is -0.496 e. The number of carboxylic acid groups (broad SMARTS) is 1. The summed E-state index contributed by atoms with van der Waals surface area (Å²) in [4.78, 5) is 23.1. The third kappa shape index (κ3) is 2.64. The largest absolute Gasteiger partial charge is 0.496 e. The molecule has 4 nitrogen and oxygen atoms in total. The first-order chi connectivity index (χ1) is 9.54. The van der Waals surface area contributed by atoms with E-state index in [9.17, 15) is 9.59 Å². The van der Waals surface area contributed by atoms with Crippen molar-refractivity contribution in [2.45, 2.75) is 13.3 Å². The summed E-state index contributed by atoms with van der Waals surface area (Å²) >= 11 is 0. The summed E-state index contributed by atoms with van der Waals surface area (Å²) < 4.78 is 5.28. The highest BCUT2D eigenvalue weighted by Gasteiger charge is 2.20. The van der Waals surface area contributed by atoms with Gasteiger partial charge >= 0.3 is 5.97 Å². The number of carbonyl (C=O) groups excluding carboxylic acids is 1. The lowest BCUT2D eigenvalue weighted by Crippen LogP contribution is -2.15. The topological polar surface area (TPSA) is 63.6 Å². The van der Waals surface area contributed by atoms with Gasteiger partial charge in [0, 0.05) is 16.9 Å². The van der Waals surface area contributed by atoms with Gasteiger partial charge in [-0.05, 0) is 17.5 Å². The molecule has 0 aliphatic rings. The van der Waals surface area contributed by atoms with Crippen molar-refractivity contribution in [2.24, 2.45) is 5.92 Å². The van der Waals surface area contributed by atoms with Gasteiger partial charge in [-0.1, -0.05) is 31.2 Å². The number of carboxylic acids is 1. The molecule has 2 aromatic rings.